The zero-order valence-corrected chi connectivity index (χ0v) is 20.8. The van der Waals surface area contributed by atoms with Crippen LogP contribution < -0.4 is 21.5 Å². The number of nitrogens with one attached hydrogen (secondary N) is 1. The number of nitrogens with zero attached hydrogens (tertiary/aromatic N) is 5. The summed E-state index contributed by atoms with van der Waals surface area (Å²) in [7, 11) is 1.58. The first kappa shape index (κ1) is 24.5. The van der Waals surface area contributed by atoms with Crippen molar-refractivity contribution in [1.29, 1.82) is 0 Å². The Kier molecular flexibility index (Phi) is 7.18. The highest BCUT2D eigenvalue weighted by Crippen LogP contribution is 2.28. The van der Waals surface area contributed by atoms with Crippen molar-refractivity contribution < 1.29 is 9.53 Å². The van der Waals surface area contributed by atoms with Gasteiger partial charge in [-0.15, -0.1) is 0 Å². The summed E-state index contributed by atoms with van der Waals surface area (Å²) >= 11 is 0. The maximum absolute atomic E-state index is 13.6. The van der Waals surface area contributed by atoms with E-state index >= 15 is 0 Å². The first-order chi connectivity index (χ1) is 18.1. The molecular weight excluding hydrogens is 472 g/mol. The summed E-state index contributed by atoms with van der Waals surface area (Å²) < 4.78 is 9.28. The molecule has 2 aromatic heterocycles. The van der Waals surface area contributed by atoms with Crippen LogP contribution in [0.15, 0.2) is 70.5 Å². The van der Waals surface area contributed by atoms with Crippen LogP contribution in [-0.2, 0) is 29.2 Å². The molecule has 1 N–H and O–H groups in total. The van der Waals surface area contributed by atoms with Gasteiger partial charge >= 0.3 is 5.69 Å². The number of hydrogen-bond acceptors (Lipinski definition) is 6. The van der Waals surface area contributed by atoms with Gasteiger partial charge in [-0.3, -0.25) is 14.2 Å². The van der Waals surface area contributed by atoms with Gasteiger partial charge in [0.2, 0.25) is 5.91 Å². The summed E-state index contributed by atoms with van der Waals surface area (Å²) in [4.78, 5) is 46.9. The van der Waals surface area contributed by atoms with Crippen molar-refractivity contribution in [2.24, 2.45) is 0 Å². The smallest absolute Gasteiger partial charge is 0.333 e. The van der Waals surface area contributed by atoms with Gasteiger partial charge in [-0.1, -0.05) is 42.5 Å². The van der Waals surface area contributed by atoms with E-state index in [0.29, 0.717) is 18.8 Å². The van der Waals surface area contributed by atoms with Crippen molar-refractivity contribution in [3.63, 3.8) is 0 Å². The minimum atomic E-state index is -0.582. The van der Waals surface area contributed by atoms with E-state index in [1.54, 1.807) is 11.7 Å². The van der Waals surface area contributed by atoms with E-state index in [2.05, 4.69) is 15.2 Å². The number of benzene rings is 2. The summed E-state index contributed by atoms with van der Waals surface area (Å²) in [5.74, 6) is -0.445. The van der Waals surface area contributed by atoms with E-state index in [1.807, 2.05) is 54.6 Å². The number of fused-ring (bicyclic) bond motifs is 1. The molecule has 5 rings (SSSR count). The zero-order chi connectivity index (χ0) is 25.8. The molecule has 1 aliphatic heterocycles. The van der Waals surface area contributed by atoms with E-state index < -0.39 is 23.7 Å². The van der Waals surface area contributed by atoms with Gasteiger partial charge in [0.1, 0.15) is 6.54 Å². The molecular formula is C27H30N6O4. The van der Waals surface area contributed by atoms with Crippen LogP contribution in [0.1, 0.15) is 18.4 Å². The normalized spacial score (nSPS) is 13.4. The molecule has 192 valence electrons. The number of ether oxygens (including phenoxy) is 1. The Balaban J connectivity index is 1.52. The second-order valence-electron chi connectivity index (χ2n) is 9.11. The fraction of sp³-hybridized carbons (Fsp3) is 0.333. The van der Waals surface area contributed by atoms with Gasteiger partial charge in [-0.2, -0.15) is 0 Å². The molecule has 0 saturated carbocycles. The predicted octanol–water partition coefficient (Wildman–Crippen LogP) is 2.29. The lowest BCUT2D eigenvalue weighted by Crippen LogP contribution is -2.43. The Morgan fingerprint density at radius 3 is 2.49 bits per heavy atom. The lowest BCUT2D eigenvalue weighted by Gasteiger charge is -2.21. The molecule has 1 aliphatic rings. The molecule has 4 aromatic rings. The Bertz CT molecular complexity index is 1520. The fourth-order valence-electron chi connectivity index (χ4n) is 4.79. The van der Waals surface area contributed by atoms with Crippen molar-refractivity contribution in [2.75, 3.05) is 37.0 Å². The fourth-order valence-corrected chi connectivity index (χ4v) is 4.79. The third-order valence-electron chi connectivity index (χ3n) is 6.63. The number of para-hydroxylation sites is 2. The van der Waals surface area contributed by atoms with Crippen LogP contribution in [0.4, 0.5) is 11.4 Å². The van der Waals surface area contributed by atoms with Crippen LogP contribution >= 0.6 is 0 Å². The Morgan fingerprint density at radius 1 is 1.00 bits per heavy atom. The van der Waals surface area contributed by atoms with E-state index in [-0.39, 0.29) is 17.7 Å². The van der Waals surface area contributed by atoms with Gasteiger partial charge in [0.25, 0.3) is 5.56 Å². The molecule has 0 spiro atoms. The number of aromatic nitrogens is 4. The summed E-state index contributed by atoms with van der Waals surface area (Å²) in [6.07, 6.45) is 3.74. The number of rotatable bonds is 9. The number of carbonyl (C=O) groups is 1. The van der Waals surface area contributed by atoms with E-state index in [4.69, 9.17) is 4.74 Å². The standard InChI is InChI=1S/C27H30N6O4/c1-37-16-15-31-19-28-25-24(31)26(35)33(27(36)32(25)17-20-9-3-2-4-10-20)18-23(34)29-21-11-5-6-12-22(21)30-13-7-8-14-30/h2-6,9-12,19H,7-8,13-18H2,1H3,(H,29,34). The quantitative estimate of drug-likeness (QED) is 0.377. The van der Waals surface area contributed by atoms with Crippen molar-refractivity contribution in [1.82, 2.24) is 18.7 Å². The molecule has 1 fully saturated rings. The maximum Gasteiger partial charge on any atom is 0.333 e. The molecule has 0 atom stereocenters. The number of hydrogen-bond donors (Lipinski definition) is 1. The van der Waals surface area contributed by atoms with Gasteiger partial charge in [-0.25, -0.2) is 14.3 Å². The molecule has 0 unspecified atom stereocenters. The molecule has 37 heavy (non-hydrogen) atoms. The second-order valence-corrected chi connectivity index (χ2v) is 9.11. The number of methoxy groups -OCH3 is 1. The molecule has 10 nitrogen and oxygen atoms in total. The lowest BCUT2D eigenvalue weighted by atomic mass is 10.2. The largest absolute Gasteiger partial charge is 0.383 e. The maximum atomic E-state index is 13.6. The predicted molar refractivity (Wildman–Crippen MR) is 142 cm³/mol. The van der Waals surface area contributed by atoms with E-state index in [9.17, 15) is 14.4 Å². The highest BCUT2D eigenvalue weighted by atomic mass is 16.5. The highest BCUT2D eigenvalue weighted by Gasteiger charge is 2.21. The zero-order valence-electron chi connectivity index (χ0n) is 20.8. The third-order valence-corrected chi connectivity index (χ3v) is 6.63. The Hall–Kier alpha value is -4.18. The van der Waals surface area contributed by atoms with Crippen molar-refractivity contribution in [3.8, 4) is 0 Å². The molecule has 3 heterocycles. The summed E-state index contributed by atoms with van der Waals surface area (Å²) in [5, 5.41) is 2.92. The van der Waals surface area contributed by atoms with Gasteiger partial charge in [0.15, 0.2) is 11.2 Å². The summed E-state index contributed by atoms with van der Waals surface area (Å²) in [6, 6.07) is 17.1. The van der Waals surface area contributed by atoms with Crippen molar-refractivity contribution >= 4 is 28.4 Å². The van der Waals surface area contributed by atoms with Gasteiger partial charge < -0.3 is 19.5 Å². The SMILES string of the molecule is COCCn1cnc2c1c(=O)n(CC(=O)Nc1ccccc1N1CCCC1)c(=O)n2Cc1ccccc1. The van der Waals surface area contributed by atoms with Crippen molar-refractivity contribution in [2.45, 2.75) is 32.5 Å². The number of anilines is 2. The molecule has 0 bridgehead atoms. The van der Waals surface area contributed by atoms with Crippen LogP contribution in [-0.4, -0.2) is 51.4 Å². The minimum Gasteiger partial charge on any atom is -0.383 e. The minimum absolute atomic E-state index is 0.219. The van der Waals surface area contributed by atoms with Crippen LogP contribution in [0.25, 0.3) is 11.2 Å². The Labute approximate surface area is 213 Å². The molecule has 1 saturated heterocycles. The summed E-state index contributed by atoms with van der Waals surface area (Å²) in [6.45, 7) is 2.43. The van der Waals surface area contributed by atoms with Gasteiger partial charge in [0, 0.05) is 26.7 Å². The van der Waals surface area contributed by atoms with Crippen molar-refractivity contribution in [3.05, 3.63) is 87.3 Å². The van der Waals surface area contributed by atoms with Gasteiger partial charge in [0.05, 0.1) is 30.9 Å². The highest BCUT2D eigenvalue weighted by molar-refractivity contribution is 5.94. The monoisotopic (exact) mass is 502 g/mol. The van der Waals surface area contributed by atoms with E-state index in [0.717, 1.165) is 41.7 Å². The second kappa shape index (κ2) is 10.8. The lowest BCUT2D eigenvalue weighted by molar-refractivity contribution is -0.116. The molecule has 2 aromatic carbocycles. The number of amides is 1. The average molecular weight is 503 g/mol. The van der Waals surface area contributed by atoms with Crippen LogP contribution in [0.2, 0.25) is 0 Å². The third kappa shape index (κ3) is 5.05. The Morgan fingerprint density at radius 2 is 1.73 bits per heavy atom. The molecule has 10 heteroatoms. The van der Waals surface area contributed by atoms with Gasteiger partial charge in [-0.05, 0) is 30.5 Å². The molecule has 0 radical (unpaired) electrons. The summed E-state index contributed by atoms with van der Waals surface area (Å²) in [5.41, 5.74) is 1.89. The molecule has 1 amide bonds. The van der Waals surface area contributed by atoms with E-state index in [1.165, 1.54) is 10.9 Å². The average Bonchev–Trinajstić information content (AvgIpc) is 3.59. The first-order valence-electron chi connectivity index (χ1n) is 12.4. The van der Waals surface area contributed by atoms with Crippen LogP contribution in [0, 0.1) is 0 Å². The van der Waals surface area contributed by atoms with Crippen LogP contribution in [0.3, 0.4) is 0 Å². The first-order valence-corrected chi connectivity index (χ1v) is 12.4. The number of carbonyl (C=O) groups excluding carboxylic acids is 1. The molecule has 0 aliphatic carbocycles. The topological polar surface area (TPSA) is 103 Å². The van der Waals surface area contributed by atoms with Crippen LogP contribution in [0.5, 0.6) is 0 Å². The number of imidazole rings is 1.